The number of hydrogen-bond donors (Lipinski definition) is 0. The zero-order chi connectivity index (χ0) is 51.1. The van der Waals surface area contributed by atoms with E-state index in [-0.39, 0.29) is 31.1 Å². The van der Waals surface area contributed by atoms with Gasteiger partial charge in [-0.05, 0) is 31.1 Å². The molecule has 0 aromatic heterocycles. The average molecular weight is 990 g/mol. The molecule has 2 atom stereocenters. The van der Waals surface area contributed by atoms with Crippen LogP contribution >= 0.6 is 0 Å². The van der Waals surface area contributed by atoms with E-state index in [9.17, 15) is 14.4 Å². The van der Waals surface area contributed by atoms with Crippen LogP contribution in [0.5, 0.6) is 0 Å². The van der Waals surface area contributed by atoms with Gasteiger partial charge >= 0.3 is 17.9 Å². The summed E-state index contributed by atoms with van der Waals surface area (Å²) >= 11 is 0. The van der Waals surface area contributed by atoms with Crippen LogP contribution in [0.2, 0.25) is 0 Å². The molecule has 0 rings (SSSR count). The number of hydrogen-bond acceptors (Lipinski definition) is 6. The lowest BCUT2D eigenvalue weighted by molar-refractivity contribution is -0.167. The number of rotatable bonds is 58. The third-order valence-electron chi connectivity index (χ3n) is 15.1. The van der Waals surface area contributed by atoms with Crippen LogP contribution in [0, 0.1) is 11.8 Å². The van der Waals surface area contributed by atoms with Crippen molar-refractivity contribution in [1.82, 2.24) is 0 Å². The maximum Gasteiger partial charge on any atom is 0.306 e. The smallest absolute Gasteiger partial charge is 0.306 e. The van der Waals surface area contributed by atoms with Crippen LogP contribution in [-0.4, -0.2) is 37.2 Å². The van der Waals surface area contributed by atoms with Gasteiger partial charge in [-0.15, -0.1) is 0 Å². The molecule has 0 saturated heterocycles. The number of esters is 3. The predicted octanol–water partition coefficient (Wildman–Crippen LogP) is 21.2. The van der Waals surface area contributed by atoms with E-state index in [1.54, 1.807) is 0 Å². The van der Waals surface area contributed by atoms with Gasteiger partial charge in [-0.1, -0.05) is 324 Å². The van der Waals surface area contributed by atoms with Gasteiger partial charge in [0.15, 0.2) is 6.10 Å². The Bertz CT molecular complexity index is 1070. The highest BCUT2D eigenvalue weighted by Gasteiger charge is 2.19. The van der Waals surface area contributed by atoms with E-state index in [1.165, 1.54) is 250 Å². The predicted molar refractivity (Wildman–Crippen MR) is 303 cm³/mol. The molecule has 0 aliphatic heterocycles. The van der Waals surface area contributed by atoms with Crippen molar-refractivity contribution in [1.29, 1.82) is 0 Å². The fourth-order valence-corrected chi connectivity index (χ4v) is 9.90. The van der Waals surface area contributed by atoms with Crippen molar-refractivity contribution < 1.29 is 28.6 Å². The minimum absolute atomic E-state index is 0.0621. The third kappa shape index (κ3) is 55.7. The van der Waals surface area contributed by atoms with Gasteiger partial charge in [-0.3, -0.25) is 14.4 Å². The van der Waals surface area contributed by atoms with Crippen molar-refractivity contribution in [2.45, 2.75) is 368 Å². The molecule has 6 heteroatoms. The van der Waals surface area contributed by atoms with Gasteiger partial charge in [-0.2, -0.15) is 0 Å². The van der Waals surface area contributed by atoms with Gasteiger partial charge in [0.25, 0.3) is 0 Å². The highest BCUT2D eigenvalue weighted by atomic mass is 16.6. The van der Waals surface area contributed by atoms with Crippen molar-refractivity contribution >= 4 is 17.9 Å². The second-order valence-corrected chi connectivity index (χ2v) is 22.8. The summed E-state index contributed by atoms with van der Waals surface area (Å²) in [5.74, 6) is 0.888. The molecule has 0 aliphatic carbocycles. The Hall–Kier alpha value is -1.59. The lowest BCUT2D eigenvalue weighted by Crippen LogP contribution is -2.30. The van der Waals surface area contributed by atoms with Crippen LogP contribution in [0.25, 0.3) is 0 Å². The Morgan fingerprint density at radius 2 is 0.543 bits per heavy atom. The second-order valence-electron chi connectivity index (χ2n) is 22.8. The first kappa shape index (κ1) is 68.4. The molecule has 0 N–H and O–H groups in total. The summed E-state index contributed by atoms with van der Waals surface area (Å²) in [7, 11) is 0. The molecule has 0 aromatic rings. The first-order chi connectivity index (χ1) is 34.3. The Labute approximate surface area is 438 Å². The summed E-state index contributed by atoms with van der Waals surface area (Å²) < 4.78 is 17.0. The minimum atomic E-state index is -0.764. The zero-order valence-electron chi connectivity index (χ0n) is 48.2. The monoisotopic (exact) mass is 989 g/mol. The van der Waals surface area contributed by atoms with E-state index in [0.717, 1.165) is 69.6 Å². The maximum absolute atomic E-state index is 12.9. The fraction of sp³-hybridized carbons (Fsp3) is 0.953. The summed E-state index contributed by atoms with van der Waals surface area (Å²) in [5.41, 5.74) is 0. The maximum atomic E-state index is 12.9. The molecule has 0 bridgehead atoms. The fourth-order valence-electron chi connectivity index (χ4n) is 9.90. The Kier molecular flexibility index (Phi) is 55.4. The molecule has 0 aliphatic rings. The molecule has 0 heterocycles. The van der Waals surface area contributed by atoms with E-state index in [0.29, 0.717) is 19.3 Å². The molecule has 0 saturated carbocycles. The molecular weight excluding hydrogens is 865 g/mol. The van der Waals surface area contributed by atoms with Gasteiger partial charge in [0.05, 0.1) is 0 Å². The summed E-state index contributed by atoms with van der Waals surface area (Å²) in [6, 6.07) is 0. The molecule has 0 spiro atoms. The molecule has 0 fully saturated rings. The van der Waals surface area contributed by atoms with E-state index in [2.05, 4.69) is 34.6 Å². The van der Waals surface area contributed by atoms with Gasteiger partial charge < -0.3 is 14.2 Å². The zero-order valence-corrected chi connectivity index (χ0v) is 48.2. The standard InChI is InChI=1S/C64H124O6/c1-6-8-9-10-11-12-13-14-15-16-17-18-22-25-28-34-39-44-49-54-62(65)68-57-61(58-69-63(66)55-50-45-40-35-31-30-33-38-43-48-53-60(5)7-2)70-64(67)56-51-46-41-36-29-26-23-20-19-21-24-27-32-37-42-47-52-59(3)4/h59-61H,6-58H2,1-5H3/t60?,61-/m0/s1. The first-order valence-corrected chi connectivity index (χ1v) is 31.8. The van der Waals surface area contributed by atoms with Crippen molar-refractivity contribution in [3.8, 4) is 0 Å². The molecule has 70 heavy (non-hydrogen) atoms. The average Bonchev–Trinajstić information content (AvgIpc) is 3.35. The van der Waals surface area contributed by atoms with E-state index >= 15 is 0 Å². The van der Waals surface area contributed by atoms with Crippen LogP contribution in [0.1, 0.15) is 362 Å². The van der Waals surface area contributed by atoms with Gasteiger partial charge in [-0.25, -0.2) is 0 Å². The molecule has 0 radical (unpaired) electrons. The van der Waals surface area contributed by atoms with E-state index in [1.807, 2.05) is 0 Å². The summed E-state index contributed by atoms with van der Waals surface area (Å²) in [6.45, 7) is 11.5. The number of carbonyl (C=O) groups is 3. The topological polar surface area (TPSA) is 78.9 Å². The normalized spacial score (nSPS) is 12.4. The first-order valence-electron chi connectivity index (χ1n) is 31.8. The number of carbonyl (C=O) groups excluding carboxylic acids is 3. The molecule has 1 unspecified atom stereocenters. The number of unbranched alkanes of at least 4 members (excludes halogenated alkanes) is 42. The molecule has 0 aromatic carbocycles. The van der Waals surface area contributed by atoms with Gasteiger partial charge in [0, 0.05) is 19.3 Å². The second kappa shape index (κ2) is 56.7. The van der Waals surface area contributed by atoms with Gasteiger partial charge in [0.1, 0.15) is 13.2 Å². The Balaban J connectivity index is 4.28. The quantitative estimate of drug-likeness (QED) is 0.0343. The Morgan fingerprint density at radius 3 is 0.814 bits per heavy atom. The SMILES string of the molecule is CCCCCCCCCCCCCCCCCCCCCC(=O)OC[C@@H](COC(=O)CCCCCCCCCCCCC(C)CC)OC(=O)CCCCCCCCCCCCCCCCCCC(C)C. The molecule has 416 valence electrons. The minimum Gasteiger partial charge on any atom is -0.462 e. The lowest BCUT2D eigenvalue weighted by atomic mass is 9.99. The number of ether oxygens (including phenoxy) is 3. The summed E-state index contributed by atoms with van der Waals surface area (Å²) in [4.78, 5) is 38.3. The largest absolute Gasteiger partial charge is 0.462 e. The van der Waals surface area contributed by atoms with Crippen LogP contribution in [-0.2, 0) is 28.6 Å². The van der Waals surface area contributed by atoms with Crippen LogP contribution < -0.4 is 0 Å². The molecule has 6 nitrogen and oxygen atoms in total. The highest BCUT2D eigenvalue weighted by Crippen LogP contribution is 2.19. The van der Waals surface area contributed by atoms with Crippen LogP contribution in [0.3, 0.4) is 0 Å². The lowest BCUT2D eigenvalue weighted by Gasteiger charge is -2.18. The van der Waals surface area contributed by atoms with Crippen molar-refractivity contribution in [2.75, 3.05) is 13.2 Å². The summed E-state index contributed by atoms with van der Waals surface area (Å²) in [6.07, 6.45) is 62.4. The van der Waals surface area contributed by atoms with Gasteiger partial charge in [0.2, 0.25) is 0 Å². The summed E-state index contributed by atoms with van der Waals surface area (Å²) in [5, 5.41) is 0. The molecule has 0 amide bonds. The third-order valence-corrected chi connectivity index (χ3v) is 15.1. The van der Waals surface area contributed by atoms with Crippen molar-refractivity contribution in [3.05, 3.63) is 0 Å². The highest BCUT2D eigenvalue weighted by molar-refractivity contribution is 5.71. The van der Waals surface area contributed by atoms with Crippen LogP contribution in [0.15, 0.2) is 0 Å². The van der Waals surface area contributed by atoms with E-state index in [4.69, 9.17) is 14.2 Å². The van der Waals surface area contributed by atoms with E-state index < -0.39 is 6.10 Å². The van der Waals surface area contributed by atoms with Crippen molar-refractivity contribution in [3.63, 3.8) is 0 Å². The Morgan fingerprint density at radius 1 is 0.300 bits per heavy atom. The van der Waals surface area contributed by atoms with Crippen molar-refractivity contribution in [2.24, 2.45) is 11.8 Å². The van der Waals surface area contributed by atoms with Crippen LogP contribution in [0.4, 0.5) is 0 Å². The molecular formula is C64H124O6.